The topological polar surface area (TPSA) is 57.5 Å². The summed E-state index contributed by atoms with van der Waals surface area (Å²) in [5, 5.41) is 0. The van der Waals surface area contributed by atoms with Gasteiger partial charge in [0, 0.05) is 49.1 Å². The third-order valence-corrected chi connectivity index (χ3v) is 6.64. The molecule has 0 aliphatic carbocycles. The van der Waals surface area contributed by atoms with E-state index in [0.29, 0.717) is 38.8 Å². The van der Waals surface area contributed by atoms with Crippen molar-refractivity contribution >= 4 is 17.6 Å². The highest BCUT2D eigenvalue weighted by molar-refractivity contribution is 6.07. The molecule has 3 aliphatic rings. The number of ether oxygens (including phenoxy) is 1. The molecule has 4 rings (SSSR count). The Balaban J connectivity index is 1.56. The van der Waals surface area contributed by atoms with Crippen molar-refractivity contribution in [1.29, 1.82) is 0 Å². The molecule has 2 atom stereocenters. The summed E-state index contributed by atoms with van der Waals surface area (Å²) in [5.74, 6) is 1.50. The van der Waals surface area contributed by atoms with Crippen LogP contribution in [0.5, 0.6) is 0 Å². The molecule has 1 aromatic carbocycles. The molecule has 6 nitrogen and oxygen atoms in total. The quantitative estimate of drug-likeness (QED) is 0.736. The fourth-order valence-electron chi connectivity index (χ4n) is 4.71. The van der Waals surface area contributed by atoms with Crippen molar-refractivity contribution in [2.45, 2.75) is 46.5 Å². The van der Waals surface area contributed by atoms with Gasteiger partial charge in [-0.1, -0.05) is 52.0 Å². The Morgan fingerprint density at radius 2 is 1.74 bits per heavy atom. The summed E-state index contributed by atoms with van der Waals surface area (Å²) in [6.07, 6.45) is 2.06. The van der Waals surface area contributed by atoms with Crippen molar-refractivity contribution in [2.75, 3.05) is 45.9 Å². The van der Waals surface area contributed by atoms with Crippen LogP contribution in [0.2, 0.25) is 0 Å². The molecule has 2 fully saturated rings. The lowest BCUT2D eigenvalue weighted by Gasteiger charge is -2.41. The molecule has 0 spiro atoms. The van der Waals surface area contributed by atoms with Crippen molar-refractivity contribution in [3.8, 4) is 0 Å². The molecule has 168 valence electrons. The van der Waals surface area contributed by atoms with Crippen molar-refractivity contribution in [3.05, 3.63) is 35.4 Å². The lowest BCUT2D eigenvalue weighted by Crippen LogP contribution is -2.53. The molecule has 0 N–H and O–H groups in total. The summed E-state index contributed by atoms with van der Waals surface area (Å²) < 4.78 is 5.45. The number of amides is 2. The molecule has 0 aromatic heterocycles. The first-order valence-electron chi connectivity index (χ1n) is 11.7. The van der Waals surface area contributed by atoms with E-state index in [0.717, 1.165) is 37.5 Å². The molecule has 2 amide bonds. The first-order chi connectivity index (χ1) is 14.8. The third-order valence-electron chi connectivity index (χ3n) is 6.64. The molecule has 2 unspecified atom stereocenters. The van der Waals surface area contributed by atoms with Crippen LogP contribution in [-0.2, 0) is 11.2 Å². The molecule has 6 heteroatoms. The number of benzene rings is 1. The second-order valence-corrected chi connectivity index (χ2v) is 10.0. The lowest BCUT2D eigenvalue weighted by atomic mass is 9.82. The Morgan fingerprint density at radius 3 is 2.35 bits per heavy atom. The highest BCUT2D eigenvalue weighted by Gasteiger charge is 2.37. The zero-order valence-electron chi connectivity index (χ0n) is 19.4. The number of urea groups is 1. The number of amidine groups is 1. The van der Waals surface area contributed by atoms with E-state index < -0.39 is 0 Å². The van der Waals surface area contributed by atoms with Gasteiger partial charge < -0.3 is 14.5 Å². The summed E-state index contributed by atoms with van der Waals surface area (Å²) in [5.41, 5.74) is 3.76. The number of nitrogens with zero attached hydrogens (tertiary/aromatic N) is 4. The molecule has 3 aliphatic heterocycles. The maximum Gasteiger partial charge on any atom is 0.320 e. The fourth-order valence-corrected chi connectivity index (χ4v) is 4.71. The predicted octanol–water partition coefficient (Wildman–Crippen LogP) is 4.01. The maximum absolute atomic E-state index is 13.3. The largest absolute Gasteiger partial charge is 0.378 e. The Bertz CT molecular complexity index is 847. The number of aliphatic imine (C=N–C) groups is 2. The minimum atomic E-state index is -0.0465. The van der Waals surface area contributed by atoms with E-state index >= 15 is 0 Å². The van der Waals surface area contributed by atoms with Crippen LogP contribution in [0.4, 0.5) is 4.79 Å². The van der Waals surface area contributed by atoms with Gasteiger partial charge in [0.05, 0.1) is 19.8 Å². The predicted molar refractivity (Wildman–Crippen MR) is 125 cm³/mol. The third kappa shape index (κ3) is 5.00. The second-order valence-electron chi connectivity index (χ2n) is 10.0. The average Bonchev–Trinajstić information content (AvgIpc) is 3.30. The minimum absolute atomic E-state index is 0.0465. The maximum atomic E-state index is 13.3. The first kappa shape index (κ1) is 22.0. The van der Waals surface area contributed by atoms with Crippen LogP contribution in [0, 0.1) is 11.3 Å². The Morgan fingerprint density at radius 1 is 1.06 bits per heavy atom. The molecule has 0 saturated carbocycles. The SMILES string of the molecule is CCc1ccc(C2CC(C3=NC(C(C)(C)C)=NC3)CN(C(=O)N3CCOCC3)C2)cc1. The van der Waals surface area contributed by atoms with Gasteiger partial charge in [0.15, 0.2) is 0 Å². The van der Waals surface area contributed by atoms with E-state index in [9.17, 15) is 4.79 Å². The molecular weight excluding hydrogens is 388 g/mol. The standard InChI is InChI=1S/C25H36N4O2/c1-5-18-6-8-19(9-7-18)20-14-21(22-15-26-23(27-22)25(2,3)4)17-29(16-20)24(30)28-10-12-31-13-11-28/h6-9,20-21H,5,10-17H2,1-4H3. The number of hydrogen-bond donors (Lipinski definition) is 0. The van der Waals surface area contributed by atoms with Crippen LogP contribution in [-0.4, -0.2) is 73.3 Å². The minimum Gasteiger partial charge on any atom is -0.378 e. The average molecular weight is 425 g/mol. The normalized spacial score (nSPS) is 24.8. The number of morpholine rings is 1. The van der Waals surface area contributed by atoms with Gasteiger partial charge >= 0.3 is 6.03 Å². The van der Waals surface area contributed by atoms with E-state index in [2.05, 4.69) is 56.9 Å². The number of likely N-dealkylation sites (tertiary alicyclic amines) is 1. The number of hydrogen-bond acceptors (Lipinski definition) is 4. The van der Waals surface area contributed by atoms with Crippen LogP contribution in [0.15, 0.2) is 34.3 Å². The van der Waals surface area contributed by atoms with E-state index in [1.54, 1.807) is 0 Å². The van der Waals surface area contributed by atoms with Gasteiger partial charge in [-0.2, -0.15) is 0 Å². The van der Waals surface area contributed by atoms with Crippen LogP contribution in [0.3, 0.4) is 0 Å². The lowest BCUT2D eigenvalue weighted by molar-refractivity contribution is 0.0396. The number of carbonyl (C=O) groups excluding carboxylic acids is 1. The smallest absolute Gasteiger partial charge is 0.320 e. The monoisotopic (exact) mass is 424 g/mol. The summed E-state index contributed by atoms with van der Waals surface area (Å²) in [4.78, 5) is 27.0. The number of aryl methyl sites for hydroxylation is 1. The van der Waals surface area contributed by atoms with Gasteiger partial charge in [-0.3, -0.25) is 4.99 Å². The van der Waals surface area contributed by atoms with Crippen molar-refractivity contribution in [1.82, 2.24) is 9.80 Å². The van der Waals surface area contributed by atoms with Crippen molar-refractivity contribution in [3.63, 3.8) is 0 Å². The Hall–Kier alpha value is -2.21. The summed E-state index contributed by atoms with van der Waals surface area (Å²) >= 11 is 0. The highest BCUT2D eigenvalue weighted by Crippen LogP contribution is 2.33. The van der Waals surface area contributed by atoms with Crippen molar-refractivity contribution in [2.24, 2.45) is 21.3 Å². The van der Waals surface area contributed by atoms with Gasteiger partial charge in [0.2, 0.25) is 0 Å². The van der Waals surface area contributed by atoms with Gasteiger partial charge in [-0.05, 0) is 24.0 Å². The number of carbonyl (C=O) groups is 1. The van der Waals surface area contributed by atoms with E-state index in [1.807, 2.05) is 4.90 Å². The molecule has 0 bridgehead atoms. The van der Waals surface area contributed by atoms with E-state index in [4.69, 9.17) is 14.7 Å². The second kappa shape index (κ2) is 9.11. The summed E-state index contributed by atoms with van der Waals surface area (Å²) in [6.45, 7) is 13.4. The zero-order chi connectivity index (χ0) is 22.0. The van der Waals surface area contributed by atoms with Gasteiger partial charge in [-0.15, -0.1) is 0 Å². The van der Waals surface area contributed by atoms with E-state index in [-0.39, 0.29) is 17.4 Å². The number of rotatable bonds is 3. The Labute approximate surface area is 186 Å². The number of piperidine rings is 1. The van der Waals surface area contributed by atoms with E-state index in [1.165, 1.54) is 11.1 Å². The first-order valence-corrected chi connectivity index (χ1v) is 11.7. The van der Waals surface area contributed by atoms with Gasteiger partial charge in [0.1, 0.15) is 5.84 Å². The Kier molecular flexibility index (Phi) is 6.47. The molecule has 31 heavy (non-hydrogen) atoms. The van der Waals surface area contributed by atoms with Crippen LogP contribution >= 0.6 is 0 Å². The molecule has 0 radical (unpaired) electrons. The van der Waals surface area contributed by atoms with Crippen LogP contribution in [0.1, 0.15) is 51.2 Å². The fraction of sp³-hybridized carbons (Fsp3) is 0.640. The van der Waals surface area contributed by atoms with Gasteiger partial charge in [0.25, 0.3) is 0 Å². The highest BCUT2D eigenvalue weighted by atomic mass is 16.5. The summed E-state index contributed by atoms with van der Waals surface area (Å²) in [7, 11) is 0. The molecule has 2 saturated heterocycles. The van der Waals surface area contributed by atoms with Crippen molar-refractivity contribution < 1.29 is 9.53 Å². The molecule has 1 aromatic rings. The summed E-state index contributed by atoms with van der Waals surface area (Å²) in [6, 6.07) is 9.08. The van der Waals surface area contributed by atoms with Gasteiger partial charge in [-0.25, -0.2) is 9.79 Å². The van der Waals surface area contributed by atoms with Crippen LogP contribution < -0.4 is 0 Å². The molecule has 3 heterocycles. The molecular formula is C25H36N4O2. The van der Waals surface area contributed by atoms with Crippen LogP contribution in [0.25, 0.3) is 0 Å². The zero-order valence-corrected chi connectivity index (χ0v) is 19.4.